The molecule has 1 aliphatic heterocycles. The zero-order valence-electron chi connectivity index (χ0n) is 10.3. The summed E-state index contributed by atoms with van der Waals surface area (Å²) in [5.74, 6) is 1.08. The van der Waals surface area contributed by atoms with Gasteiger partial charge in [0.25, 0.3) is 0 Å². The average molecular weight is 395 g/mol. The van der Waals surface area contributed by atoms with Crippen molar-refractivity contribution in [1.82, 2.24) is 5.32 Å². The second kappa shape index (κ2) is 7.08. The first kappa shape index (κ1) is 14.6. The van der Waals surface area contributed by atoms with Gasteiger partial charge >= 0.3 is 0 Å². The molecule has 0 fully saturated rings. The van der Waals surface area contributed by atoms with Crippen molar-refractivity contribution in [3.05, 3.63) is 31.0 Å². The summed E-state index contributed by atoms with van der Waals surface area (Å²) < 4.78 is 8.06. The number of rotatable bonds is 5. The fraction of sp³-hybridized carbons (Fsp3) is 0.538. The zero-order valence-corrected chi connectivity index (χ0v) is 14.3. The Morgan fingerprint density at radius 1 is 1.50 bits per heavy atom. The standard InChI is InChI=1S/C13H17Br2NOS/c1-2-6-16-12(10-5-3-4-7-17-10)11-8-9(14)13(15)18-11/h5,8,12,16H,2-4,6-7H2,1H3. The highest BCUT2D eigenvalue weighted by atomic mass is 79.9. The third-order valence-electron chi connectivity index (χ3n) is 2.79. The number of thiophene rings is 1. The van der Waals surface area contributed by atoms with Crippen LogP contribution < -0.4 is 5.32 Å². The van der Waals surface area contributed by atoms with E-state index in [1.165, 1.54) is 4.88 Å². The zero-order chi connectivity index (χ0) is 13.0. The van der Waals surface area contributed by atoms with Gasteiger partial charge in [0.05, 0.1) is 16.4 Å². The largest absolute Gasteiger partial charge is 0.496 e. The molecule has 1 aromatic rings. The summed E-state index contributed by atoms with van der Waals surface area (Å²) in [6, 6.07) is 2.36. The third kappa shape index (κ3) is 3.59. The van der Waals surface area contributed by atoms with Gasteiger partial charge in [-0.3, -0.25) is 0 Å². The Hall–Kier alpha value is 0.160. The molecule has 1 aromatic heterocycles. The summed E-state index contributed by atoms with van der Waals surface area (Å²) in [6.45, 7) is 4.02. The fourth-order valence-electron chi connectivity index (χ4n) is 1.91. The molecule has 1 N–H and O–H groups in total. The predicted octanol–water partition coefficient (Wildman–Crippen LogP) is 5.01. The summed E-state index contributed by atoms with van der Waals surface area (Å²) >= 11 is 8.87. The maximum absolute atomic E-state index is 5.82. The van der Waals surface area contributed by atoms with Crippen LogP contribution in [0.25, 0.3) is 0 Å². The van der Waals surface area contributed by atoms with E-state index in [2.05, 4.69) is 56.2 Å². The highest BCUT2D eigenvalue weighted by Crippen LogP contribution is 2.38. The molecule has 1 atom stereocenters. The second-order valence-electron chi connectivity index (χ2n) is 4.25. The first-order valence-corrected chi connectivity index (χ1v) is 8.63. The lowest BCUT2D eigenvalue weighted by molar-refractivity contribution is 0.168. The summed E-state index contributed by atoms with van der Waals surface area (Å²) in [7, 11) is 0. The highest BCUT2D eigenvalue weighted by Gasteiger charge is 2.22. The van der Waals surface area contributed by atoms with Crippen LogP contribution in [-0.4, -0.2) is 13.2 Å². The van der Waals surface area contributed by atoms with Crippen LogP contribution in [-0.2, 0) is 4.74 Å². The predicted molar refractivity (Wildman–Crippen MR) is 84.0 cm³/mol. The third-order valence-corrected chi connectivity index (χ3v) is 6.12. The van der Waals surface area contributed by atoms with E-state index in [0.717, 1.165) is 46.4 Å². The average Bonchev–Trinajstić information content (AvgIpc) is 2.71. The fourth-order valence-corrected chi connectivity index (χ4v) is 4.09. The van der Waals surface area contributed by atoms with Crippen molar-refractivity contribution in [3.63, 3.8) is 0 Å². The molecule has 2 rings (SSSR count). The molecule has 0 aliphatic carbocycles. The van der Waals surface area contributed by atoms with Crippen LogP contribution >= 0.6 is 43.2 Å². The maximum Gasteiger partial charge on any atom is 0.114 e. The Labute approximate surface area is 129 Å². The van der Waals surface area contributed by atoms with Gasteiger partial charge in [0.2, 0.25) is 0 Å². The van der Waals surface area contributed by atoms with E-state index in [0.29, 0.717) is 0 Å². The van der Waals surface area contributed by atoms with Crippen molar-refractivity contribution >= 4 is 43.2 Å². The lowest BCUT2D eigenvalue weighted by Gasteiger charge is -2.24. The summed E-state index contributed by atoms with van der Waals surface area (Å²) in [5, 5.41) is 3.57. The van der Waals surface area contributed by atoms with Gasteiger partial charge in [-0.15, -0.1) is 11.3 Å². The molecule has 2 heterocycles. The smallest absolute Gasteiger partial charge is 0.114 e. The summed E-state index contributed by atoms with van der Waals surface area (Å²) in [4.78, 5) is 1.29. The molecule has 18 heavy (non-hydrogen) atoms. The van der Waals surface area contributed by atoms with Crippen LogP contribution in [0, 0.1) is 0 Å². The molecule has 0 saturated heterocycles. The lowest BCUT2D eigenvalue weighted by Crippen LogP contribution is -2.25. The quantitative estimate of drug-likeness (QED) is 0.757. The monoisotopic (exact) mass is 393 g/mol. The van der Waals surface area contributed by atoms with E-state index in [-0.39, 0.29) is 6.04 Å². The van der Waals surface area contributed by atoms with Crippen molar-refractivity contribution in [2.75, 3.05) is 13.2 Å². The Morgan fingerprint density at radius 3 is 2.89 bits per heavy atom. The highest BCUT2D eigenvalue weighted by molar-refractivity contribution is 9.13. The molecule has 2 nitrogen and oxygen atoms in total. The molecule has 0 bridgehead atoms. The van der Waals surface area contributed by atoms with E-state index in [4.69, 9.17) is 4.74 Å². The molecular weight excluding hydrogens is 378 g/mol. The number of hydrogen-bond donors (Lipinski definition) is 1. The molecule has 0 radical (unpaired) electrons. The SMILES string of the molecule is CCCNC(C1=CCCCO1)c1cc(Br)c(Br)s1. The van der Waals surface area contributed by atoms with Crippen LogP contribution in [0.3, 0.4) is 0 Å². The van der Waals surface area contributed by atoms with E-state index in [1.54, 1.807) is 11.3 Å². The van der Waals surface area contributed by atoms with Crippen LogP contribution in [0.1, 0.15) is 37.1 Å². The van der Waals surface area contributed by atoms with Gasteiger partial charge in [-0.05, 0) is 69.8 Å². The maximum atomic E-state index is 5.82. The molecule has 0 saturated carbocycles. The van der Waals surface area contributed by atoms with Crippen LogP contribution in [0.5, 0.6) is 0 Å². The Morgan fingerprint density at radius 2 is 2.33 bits per heavy atom. The topological polar surface area (TPSA) is 21.3 Å². The Kier molecular flexibility index (Phi) is 5.73. The van der Waals surface area contributed by atoms with E-state index < -0.39 is 0 Å². The van der Waals surface area contributed by atoms with Crippen molar-refractivity contribution in [3.8, 4) is 0 Å². The first-order valence-electron chi connectivity index (χ1n) is 6.23. The van der Waals surface area contributed by atoms with Crippen LogP contribution in [0.15, 0.2) is 26.2 Å². The minimum Gasteiger partial charge on any atom is -0.496 e. The second-order valence-corrected chi connectivity index (χ2v) is 7.51. The van der Waals surface area contributed by atoms with E-state index in [9.17, 15) is 0 Å². The van der Waals surface area contributed by atoms with E-state index >= 15 is 0 Å². The van der Waals surface area contributed by atoms with Gasteiger partial charge in [0.1, 0.15) is 5.76 Å². The molecule has 0 amide bonds. The Balaban J connectivity index is 2.20. The summed E-state index contributed by atoms with van der Waals surface area (Å²) in [5.41, 5.74) is 0. The van der Waals surface area contributed by atoms with Gasteiger partial charge in [-0.25, -0.2) is 0 Å². The minimum atomic E-state index is 0.192. The van der Waals surface area contributed by atoms with Gasteiger partial charge < -0.3 is 10.1 Å². The van der Waals surface area contributed by atoms with Crippen molar-refractivity contribution in [1.29, 1.82) is 0 Å². The molecule has 100 valence electrons. The van der Waals surface area contributed by atoms with Crippen LogP contribution in [0.2, 0.25) is 0 Å². The molecule has 5 heteroatoms. The first-order chi connectivity index (χ1) is 8.72. The van der Waals surface area contributed by atoms with E-state index in [1.807, 2.05) is 0 Å². The molecule has 0 spiro atoms. The number of nitrogens with one attached hydrogen (secondary N) is 1. The summed E-state index contributed by atoms with van der Waals surface area (Å²) in [6.07, 6.45) is 5.59. The molecular formula is C13H17Br2NOS. The number of halogens is 2. The lowest BCUT2D eigenvalue weighted by atomic mass is 10.1. The van der Waals surface area contributed by atoms with Crippen molar-refractivity contribution < 1.29 is 4.74 Å². The van der Waals surface area contributed by atoms with Gasteiger partial charge in [0.15, 0.2) is 0 Å². The minimum absolute atomic E-state index is 0.192. The normalized spacial score (nSPS) is 17.2. The number of hydrogen-bond acceptors (Lipinski definition) is 3. The number of allylic oxidation sites excluding steroid dienone is 1. The molecule has 0 aromatic carbocycles. The molecule has 1 aliphatic rings. The van der Waals surface area contributed by atoms with Gasteiger partial charge in [-0.2, -0.15) is 0 Å². The van der Waals surface area contributed by atoms with Crippen molar-refractivity contribution in [2.45, 2.75) is 32.2 Å². The Bertz CT molecular complexity index is 411. The van der Waals surface area contributed by atoms with Crippen LogP contribution in [0.4, 0.5) is 0 Å². The number of ether oxygens (including phenoxy) is 1. The molecule has 1 unspecified atom stereocenters. The van der Waals surface area contributed by atoms with Gasteiger partial charge in [0, 0.05) is 9.35 Å². The van der Waals surface area contributed by atoms with Gasteiger partial charge in [-0.1, -0.05) is 6.92 Å². The van der Waals surface area contributed by atoms with Crippen molar-refractivity contribution in [2.24, 2.45) is 0 Å².